The average molecular weight is 401 g/mol. The predicted octanol–water partition coefficient (Wildman–Crippen LogP) is 3.47. The van der Waals surface area contributed by atoms with Crippen LogP contribution >= 0.6 is 24.2 Å². The number of aromatic nitrogens is 2. The lowest BCUT2D eigenvalue weighted by Crippen LogP contribution is -2.27. The van der Waals surface area contributed by atoms with Gasteiger partial charge in [-0.2, -0.15) is 0 Å². The van der Waals surface area contributed by atoms with Crippen LogP contribution in [0.25, 0.3) is 11.5 Å². The summed E-state index contributed by atoms with van der Waals surface area (Å²) in [5.74, 6) is 0.256. The number of hydrogen-bond acceptors (Lipinski definition) is 9. The summed E-state index contributed by atoms with van der Waals surface area (Å²) in [6.07, 6.45) is -0.446. The second-order valence-electron chi connectivity index (χ2n) is 5.37. The molecule has 1 atom stereocenters. The Kier molecular flexibility index (Phi) is 4.71. The van der Waals surface area contributed by atoms with Crippen LogP contribution in [0.5, 0.6) is 0 Å². The van der Waals surface area contributed by atoms with Gasteiger partial charge in [-0.25, -0.2) is 0 Å². The number of hydrazine groups is 1. The molecule has 0 amide bonds. The quantitative estimate of drug-likeness (QED) is 0.295. The number of nitrogens with zero attached hydrogens (tertiary/aromatic N) is 4. The monoisotopic (exact) mass is 401 g/mol. The van der Waals surface area contributed by atoms with Crippen LogP contribution in [0.4, 0.5) is 5.69 Å². The molecule has 9 nitrogen and oxygen atoms in total. The molecule has 1 unspecified atom stereocenters. The number of rotatable bonds is 5. The Hall–Kier alpha value is -3.02. The highest BCUT2D eigenvalue weighted by atomic mass is 32.2. The van der Waals surface area contributed by atoms with Crippen molar-refractivity contribution in [3.63, 3.8) is 0 Å². The molecule has 136 valence electrons. The number of non-ortho nitro benzene ring substituents is 1. The predicted molar refractivity (Wildman–Crippen MR) is 100 cm³/mol. The highest BCUT2D eigenvalue weighted by molar-refractivity contribution is 7.96. The molecule has 11 heteroatoms. The topological polar surface area (TPSA) is 107 Å². The average Bonchev–Trinajstić information content (AvgIpc) is 3.29. The Bertz CT molecular complexity index is 980. The first-order chi connectivity index (χ1) is 13.1. The van der Waals surface area contributed by atoms with Gasteiger partial charge < -0.3 is 9.15 Å². The summed E-state index contributed by atoms with van der Waals surface area (Å²) in [7, 11) is 0. The molecule has 2 heterocycles. The number of benzene rings is 2. The molecular weight excluding hydrogens is 390 g/mol. The number of nitrogens with one attached hydrogen (secondary N) is 1. The third kappa shape index (κ3) is 3.74. The van der Waals surface area contributed by atoms with Crippen molar-refractivity contribution in [3.05, 3.63) is 70.3 Å². The number of thiocarbonyl (C=S) groups is 1. The van der Waals surface area contributed by atoms with Gasteiger partial charge in [-0.15, -0.1) is 9.51 Å². The number of hydrogen-bond donors (Lipinski definition) is 1. The molecule has 0 aliphatic carbocycles. The van der Waals surface area contributed by atoms with E-state index in [4.69, 9.17) is 21.4 Å². The van der Waals surface area contributed by atoms with Gasteiger partial charge in [0.05, 0.1) is 4.92 Å². The molecule has 2 aromatic carbocycles. The van der Waals surface area contributed by atoms with Gasteiger partial charge in [0.1, 0.15) is 0 Å². The third-order valence-corrected chi connectivity index (χ3v) is 4.61. The highest BCUT2D eigenvalue weighted by Gasteiger charge is 2.33. The van der Waals surface area contributed by atoms with E-state index in [9.17, 15) is 10.1 Å². The Morgan fingerprint density at radius 3 is 2.59 bits per heavy atom. The molecule has 27 heavy (non-hydrogen) atoms. The van der Waals surface area contributed by atoms with E-state index in [0.29, 0.717) is 5.56 Å². The second-order valence-corrected chi connectivity index (χ2v) is 6.67. The van der Waals surface area contributed by atoms with Crippen molar-refractivity contribution in [1.82, 2.24) is 20.0 Å². The first kappa shape index (κ1) is 17.4. The zero-order chi connectivity index (χ0) is 18.8. The van der Waals surface area contributed by atoms with Crippen LogP contribution in [0, 0.1) is 10.1 Å². The molecule has 1 fully saturated rings. The summed E-state index contributed by atoms with van der Waals surface area (Å²) < 4.78 is 12.9. The van der Waals surface area contributed by atoms with Crippen molar-refractivity contribution in [2.75, 3.05) is 0 Å². The van der Waals surface area contributed by atoms with Crippen molar-refractivity contribution >= 4 is 35.0 Å². The first-order valence-electron chi connectivity index (χ1n) is 7.68. The Morgan fingerprint density at radius 2 is 1.89 bits per heavy atom. The maximum Gasteiger partial charge on any atom is 0.294 e. The number of ether oxygens (including phenoxy) is 1. The lowest BCUT2D eigenvalue weighted by molar-refractivity contribution is -0.384. The Labute approximate surface area is 162 Å². The maximum atomic E-state index is 10.7. The van der Waals surface area contributed by atoms with Crippen molar-refractivity contribution in [3.8, 4) is 11.5 Å². The van der Waals surface area contributed by atoms with Crippen molar-refractivity contribution in [2.45, 2.75) is 11.5 Å². The molecule has 3 aromatic rings. The van der Waals surface area contributed by atoms with Crippen LogP contribution in [0.2, 0.25) is 0 Å². The molecular formula is C16H11N5O4S2. The Morgan fingerprint density at radius 1 is 1.15 bits per heavy atom. The van der Waals surface area contributed by atoms with Gasteiger partial charge in [0.15, 0.2) is 0 Å². The number of nitro groups is 1. The molecule has 1 saturated heterocycles. The van der Waals surface area contributed by atoms with Crippen molar-refractivity contribution in [2.24, 2.45) is 0 Å². The van der Waals surface area contributed by atoms with Crippen LogP contribution in [-0.2, 0) is 4.74 Å². The normalized spacial score (nSPS) is 16.7. The van der Waals surface area contributed by atoms with Gasteiger partial charge >= 0.3 is 0 Å². The zero-order valence-electron chi connectivity index (χ0n) is 13.5. The second kappa shape index (κ2) is 7.31. The van der Waals surface area contributed by atoms with Gasteiger partial charge in [-0.05, 0) is 24.4 Å². The van der Waals surface area contributed by atoms with E-state index in [-0.39, 0.29) is 22.0 Å². The van der Waals surface area contributed by atoms with Crippen LogP contribution in [0.3, 0.4) is 0 Å². The fourth-order valence-electron chi connectivity index (χ4n) is 2.39. The largest absolute Gasteiger partial charge is 0.444 e. The third-order valence-electron chi connectivity index (χ3n) is 3.63. The van der Waals surface area contributed by atoms with Crippen LogP contribution < -0.4 is 5.43 Å². The molecule has 1 aliphatic rings. The van der Waals surface area contributed by atoms with Crippen LogP contribution in [0.15, 0.2) is 64.2 Å². The van der Waals surface area contributed by atoms with Crippen LogP contribution in [0.1, 0.15) is 11.8 Å². The van der Waals surface area contributed by atoms with E-state index in [1.165, 1.54) is 12.1 Å². The molecule has 0 saturated carbocycles. The Balaban J connectivity index is 1.51. The summed E-state index contributed by atoms with van der Waals surface area (Å²) in [6.45, 7) is 0. The van der Waals surface area contributed by atoms with Gasteiger partial charge in [0.25, 0.3) is 16.1 Å². The minimum Gasteiger partial charge on any atom is -0.444 e. The highest BCUT2D eigenvalue weighted by Crippen LogP contribution is 2.35. The first-order valence-corrected chi connectivity index (χ1v) is 8.86. The van der Waals surface area contributed by atoms with E-state index in [0.717, 1.165) is 17.5 Å². The van der Waals surface area contributed by atoms with E-state index >= 15 is 0 Å². The minimum absolute atomic E-state index is 0.00880. The zero-order valence-corrected chi connectivity index (χ0v) is 15.1. The van der Waals surface area contributed by atoms with E-state index in [1.54, 1.807) is 16.5 Å². The SMILES string of the molecule is O=[N+]([O-])c1ccc(-c2nnc(SN3NC(=S)OC3c3ccccc3)o2)cc1. The molecule has 1 aromatic heterocycles. The van der Waals surface area contributed by atoms with Crippen LogP contribution in [-0.4, -0.2) is 24.7 Å². The maximum absolute atomic E-state index is 10.7. The summed E-state index contributed by atoms with van der Waals surface area (Å²) in [6, 6.07) is 15.4. The van der Waals surface area contributed by atoms with Gasteiger partial charge in [0.2, 0.25) is 12.1 Å². The standard InChI is InChI=1S/C16H11N5O4S2/c22-21(23)12-8-6-10(7-9-12)13-17-18-16(24-13)27-20-14(25-15(26)19-20)11-4-2-1-3-5-11/h1-9,14H,(H,19,26). The molecule has 0 spiro atoms. The fraction of sp³-hybridized carbons (Fsp3) is 0.0625. The van der Waals surface area contributed by atoms with Crippen molar-refractivity contribution < 1.29 is 14.1 Å². The minimum atomic E-state index is -0.468. The van der Waals surface area contributed by atoms with E-state index < -0.39 is 11.2 Å². The van der Waals surface area contributed by atoms with Gasteiger partial charge in [-0.1, -0.05) is 35.4 Å². The fourth-order valence-corrected chi connectivity index (χ4v) is 3.39. The lowest BCUT2D eigenvalue weighted by atomic mass is 10.2. The molecule has 1 aliphatic heterocycles. The summed E-state index contributed by atoms with van der Waals surface area (Å²) in [5, 5.41) is 19.2. The molecule has 0 radical (unpaired) electrons. The van der Waals surface area contributed by atoms with E-state index in [2.05, 4.69) is 15.6 Å². The van der Waals surface area contributed by atoms with Crippen molar-refractivity contribution in [1.29, 1.82) is 0 Å². The smallest absolute Gasteiger partial charge is 0.294 e. The van der Waals surface area contributed by atoms with E-state index in [1.807, 2.05) is 30.3 Å². The molecule has 1 N–H and O–H groups in total. The van der Waals surface area contributed by atoms with Gasteiger partial charge in [-0.3, -0.25) is 15.5 Å². The summed E-state index contributed by atoms with van der Waals surface area (Å²) in [4.78, 5) is 10.3. The summed E-state index contributed by atoms with van der Waals surface area (Å²) in [5.41, 5.74) is 4.41. The molecule has 4 rings (SSSR count). The summed E-state index contributed by atoms with van der Waals surface area (Å²) >= 11 is 6.24. The van der Waals surface area contributed by atoms with Gasteiger partial charge in [0, 0.05) is 35.2 Å². The lowest BCUT2D eigenvalue weighted by Gasteiger charge is -2.17. The number of nitro benzene ring substituents is 1. The molecule has 0 bridgehead atoms.